The van der Waals surface area contributed by atoms with Crippen LogP contribution >= 0.6 is 0 Å². The fourth-order valence-corrected chi connectivity index (χ4v) is 3.93. The van der Waals surface area contributed by atoms with Gasteiger partial charge in [-0.15, -0.1) is 0 Å². The lowest BCUT2D eigenvalue weighted by Crippen LogP contribution is -2.40. The van der Waals surface area contributed by atoms with Crippen LogP contribution in [0.2, 0.25) is 0 Å². The third-order valence-corrected chi connectivity index (χ3v) is 5.26. The molecule has 0 radical (unpaired) electrons. The van der Waals surface area contributed by atoms with Crippen molar-refractivity contribution in [2.45, 2.75) is 25.3 Å². The van der Waals surface area contributed by atoms with E-state index in [1.54, 1.807) is 4.90 Å². The Labute approximate surface area is 153 Å². The van der Waals surface area contributed by atoms with Crippen LogP contribution in [0.3, 0.4) is 0 Å². The first-order valence-electron chi connectivity index (χ1n) is 9.03. The van der Waals surface area contributed by atoms with Gasteiger partial charge in [-0.1, -0.05) is 48.5 Å². The van der Waals surface area contributed by atoms with Gasteiger partial charge in [0.25, 0.3) is 0 Å². The van der Waals surface area contributed by atoms with E-state index in [-0.39, 0.29) is 24.0 Å². The standard InChI is InChI=1S/C21H22N2O3/c1-14-12-20(24)22-10-11-23(14)21(25)26-13-19-17-8-4-2-6-15(17)16-7-3-5-9-18(16)19/h2-9,14,19H,10-13H2,1H3,(H,22,24). The Morgan fingerprint density at radius 1 is 1.12 bits per heavy atom. The molecule has 2 aromatic carbocycles. The fraction of sp³-hybridized carbons (Fsp3) is 0.333. The number of rotatable bonds is 2. The van der Waals surface area contributed by atoms with E-state index in [4.69, 9.17) is 4.74 Å². The maximum Gasteiger partial charge on any atom is 0.410 e. The van der Waals surface area contributed by atoms with Gasteiger partial charge in [-0.3, -0.25) is 4.79 Å². The number of carbonyl (C=O) groups excluding carboxylic acids is 2. The van der Waals surface area contributed by atoms with Crippen LogP contribution in [0.25, 0.3) is 11.1 Å². The van der Waals surface area contributed by atoms with Crippen molar-refractivity contribution in [1.29, 1.82) is 0 Å². The van der Waals surface area contributed by atoms with Gasteiger partial charge in [0.1, 0.15) is 6.61 Å². The molecule has 5 heteroatoms. The number of fused-ring (bicyclic) bond motifs is 3. The average molecular weight is 350 g/mol. The third kappa shape index (κ3) is 2.94. The Balaban J connectivity index is 1.51. The van der Waals surface area contributed by atoms with Crippen LogP contribution in [-0.2, 0) is 9.53 Å². The zero-order chi connectivity index (χ0) is 18.1. The third-order valence-electron chi connectivity index (χ3n) is 5.26. The molecule has 4 rings (SSSR count). The average Bonchev–Trinajstić information content (AvgIpc) is 2.86. The van der Waals surface area contributed by atoms with Crippen molar-refractivity contribution in [3.8, 4) is 11.1 Å². The molecule has 1 atom stereocenters. The minimum atomic E-state index is -0.351. The highest BCUT2D eigenvalue weighted by Gasteiger charge is 2.31. The molecule has 1 fully saturated rings. The molecular weight excluding hydrogens is 328 g/mol. The molecule has 2 aromatic rings. The molecule has 0 spiro atoms. The topological polar surface area (TPSA) is 58.6 Å². The number of ether oxygens (including phenoxy) is 1. The summed E-state index contributed by atoms with van der Waals surface area (Å²) in [6, 6.07) is 16.4. The molecule has 0 bridgehead atoms. The first-order chi connectivity index (χ1) is 12.6. The van der Waals surface area contributed by atoms with E-state index in [9.17, 15) is 9.59 Å². The predicted octanol–water partition coefficient (Wildman–Crippen LogP) is 3.15. The zero-order valence-electron chi connectivity index (χ0n) is 14.8. The van der Waals surface area contributed by atoms with Crippen molar-refractivity contribution in [3.63, 3.8) is 0 Å². The smallest absolute Gasteiger partial charge is 0.410 e. The molecular formula is C21H22N2O3. The maximum atomic E-state index is 12.6. The van der Waals surface area contributed by atoms with Crippen LogP contribution in [0.15, 0.2) is 48.5 Å². The highest BCUT2D eigenvalue weighted by Crippen LogP contribution is 2.44. The summed E-state index contributed by atoms with van der Waals surface area (Å²) in [5.74, 6) is 0.0276. The molecule has 2 aliphatic rings. The normalized spacial score (nSPS) is 19.3. The highest BCUT2D eigenvalue weighted by atomic mass is 16.6. The number of nitrogens with zero attached hydrogens (tertiary/aromatic N) is 1. The summed E-state index contributed by atoms with van der Waals surface area (Å²) >= 11 is 0. The van der Waals surface area contributed by atoms with Gasteiger partial charge < -0.3 is 15.0 Å². The molecule has 1 aliphatic heterocycles. The van der Waals surface area contributed by atoms with Gasteiger partial charge in [0.05, 0.1) is 0 Å². The van der Waals surface area contributed by atoms with E-state index in [1.165, 1.54) is 22.3 Å². The Morgan fingerprint density at radius 2 is 1.73 bits per heavy atom. The van der Waals surface area contributed by atoms with Gasteiger partial charge in [0.15, 0.2) is 0 Å². The van der Waals surface area contributed by atoms with Crippen molar-refractivity contribution in [2.75, 3.05) is 19.7 Å². The van der Waals surface area contributed by atoms with Crippen LogP contribution < -0.4 is 5.32 Å². The predicted molar refractivity (Wildman–Crippen MR) is 98.9 cm³/mol. The SMILES string of the molecule is CC1CC(=O)NCCN1C(=O)OCC1c2ccccc2-c2ccccc21. The second-order valence-electron chi connectivity index (χ2n) is 6.90. The fourth-order valence-electron chi connectivity index (χ4n) is 3.93. The Bertz CT molecular complexity index is 803. The summed E-state index contributed by atoms with van der Waals surface area (Å²) in [7, 11) is 0. The van der Waals surface area contributed by atoms with Crippen molar-refractivity contribution in [1.82, 2.24) is 10.2 Å². The molecule has 0 aromatic heterocycles. The van der Waals surface area contributed by atoms with Crippen molar-refractivity contribution >= 4 is 12.0 Å². The highest BCUT2D eigenvalue weighted by molar-refractivity contribution is 5.80. The molecule has 5 nitrogen and oxygen atoms in total. The Kier molecular flexibility index (Phi) is 4.37. The summed E-state index contributed by atoms with van der Waals surface area (Å²) in [5, 5.41) is 2.79. The number of hydrogen-bond donors (Lipinski definition) is 1. The van der Waals surface area contributed by atoms with E-state index in [0.717, 1.165) is 0 Å². The monoisotopic (exact) mass is 350 g/mol. The van der Waals surface area contributed by atoms with E-state index in [0.29, 0.717) is 26.1 Å². The van der Waals surface area contributed by atoms with E-state index < -0.39 is 0 Å². The van der Waals surface area contributed by atoms with Crippen LogP contribution in [0, 0.1) is 0 Å². The maximum absolute atomic E-state index is 12.6. The largest absolute Gasteiger partial charge is 0.448 e. The minimum absolute atomic E-state index is 0.0218. The lowest BCUT2D eigenvalue weighted by Gasteiger charge is -2.26. The molecule has 1 N–H and O–H groups in total. The van der Waals surface area contributed by atoms with Gasteiger partial charge in [0.2, 0.25) is 5.91 Å². The molecule has 134 valence electrons. The summed E-state index contributed by atoms with van der Waals surface area (Å²) in [6.07, 6.45) is -0.0413. The van der Waals surface area contributed by atoms with Gasteiger partial charge >= 0.3 is 6.09 Å². The second-order valence-corrected chi connectivity index (χ2v) is 6.90. The molecule has 26 heavy (non-hydrogen) atoms. The molecule has 2 amide bonds. The molecule has 1 unspecified atom stereocenters. The van der Waals surface area contributed by atoms with Gasteiger partial charge in [-0.2, -0.15) is 0 Å². The molecule has 1 saturated heterocycles. The van der Waals surface area contributed by atoms with Crippen LogP contribution in [0.1, 0.15) is 30.4 Å². The molecule has 0 saturated carbocycles. The van der Waals surface area contributed by atoms with Crippen molar-refractivity contribution in [3.05, 3.63) is 59.7 Å². The van der Waals surface area contributed by atoms with E-state index in [1.807, 2.05) is 31.2 Å². The van der Waals surface area contributed by atoms with Crippen molar-refractivity contribution < 1.29 is 14.3 Å². The summed E-state index contributed by atoms with van der Waals surface area (Å²) in [6.45, 7) is 3.13. The zero-order valence-corrected chi connectivity index (χ0v) is 14.8. The van der Waals surface area contributed by atoms with Crippen LogP contribution in [-0.4, -0.2) is 42.6 Å². The number of hydrogen-bond acceptors (Lipinski definition) is 3. The van der Waals surface area contributed by atoms with E-state index >= 15 is 0 Å². The number of nitrogens with one attached hydrogen (secondary N) is 1. The number of amides is 2. The summed E-state index contributed by atoms with van der Waals surface area (Å²) in [4.78, 5) is 25.9. The number of benzene rings is 2. The summed E-state index contributed by atoms with van der Waals surface area (Å²) in [5.41, 5.74) is 4.81. The van der Waals surface area contributed by atoms with Crippen LogP contribution in [0.5, 0.6) is 0 Å². The van der Waals surface area contributed by atoms with Crippen LogP contribution in [0.4, 0.5) is 4.79 Å². The quantitative estimate of drug-likeness (QED) is 0.905. The lowest BCUT2D eigenvalue weighted by molar-refractivity contribution is -0.121. The van der Waals surface area contributed by atoms with Gasteiger partial charge in [0, 0.05) is 31.5 Å². The summed E-state index contributed by atoms with van der Waals surface area (Å²) < 4.78 is 5.69. The molecule has 1 heterocycles. The lowest BCUT2D eigenvalue weighted by atomic mass is 9.98. The first-order valence-corrected chi connectivity index (χ1v) is 9.03. The Hall–Kier alpha value is -2.82. The molecule has 1 aliphatic carbocycles. The second kappa shape index (κ2) is 6.83. The first kappa shape index (κ1) is 16.6. The van der Waals surface area contributed by atoms with Gasteiger partial charge in [-0.05, 0) is 29.2 Å². The van der Waals surface area contributed by atoms with E-state index in [2.05, 4.69) is 29.6 Å². The Morgan fingerprint density at radius 3 is 2.38 bits per heavy atom. The van der Waals surface area contributed by atoms with Crippen molar-refractivity contribution in [2.24, 2.45) is 0 Å². The minimum Gasteiger partial charge on any atom is -0.448 e. The number of carbonyl (C=O) groups is 2. The van der Waals surface area contributed by atoms with Gasteiger partial charge in [-0.25, -0.2) is 4.79 Å².